The third kappa shape index (κ3) is 3.97. The Balaban J connectivity index is 2.42. The number of anilines is 2. The lowest BCUT2D eigenvalue weighted by Crippen LogP contribution is -2.08. The van der Waals surface area contributed by atoms with E-state index >= 15 is 0 Å². The van der Waals surface area contributed by atoms with Crippen molar-refractivity contribution in [3.8, 4) is 0 Å². The first-order valence-corrected chi connectivity index (χ1v) is 5.89. The average molecular weight is 234 g/mol. The second-order valence-corrected chi connectivity index (χ2v) is 3.88. The first-order chi connectivity index (χ1) is 6.72. The molecule has 0 radical (unpaired) electrons. The van der Waals surface area contributed by atoms with Crippen LogP contribution in [-0.2, 0) is 0 Å². The molecule has 0 aliphatic rings. The molecule has 1 heterocycles. The van der Waals surface area contributed by atoms with E-state index in [-0.39, 0.29) is 11.2 Å². The Morgan fingerprint density at radius 3 is 2.86 bits per heavy atom. The van der Waals surface area contributed by atoms with Crippen molar-refractivity contribution in [1.29, 1.82) is 0 Å². The molecule has 14 heavy (non-hydrogen) atoms. The second kappa shape index (κ2) is 5.87. The van der Waals surface area contributed by atoms with Crippen molar-refractivity contribution in [2.24, 2.45) is 0 Å². The maximum atomic E-state index is 5.60. The molecule has 78 valence electrons. The van der Waals surface area contributed by atoms with E-state index in [0.717, 1.165) is 18.7 Å². The summed E-state index contributed by atoms with van der Waals surface area (Å²) < 4.78 is 0. The average Bonchev–Trinajstić information content (AvgIpc) is 2.11. The van der Waals surface area contributed by atoms with Gasteiger partial charge in [0, 0.05) is 6.54 Å². The van der Waals surface area contributed by atoms with Crippen molar-refractivity contribution in [3.63, 3.8) is 0 Å². The molecule has 1 aromatic rings. The normalized spacial score (nSPS) is 10.1. The summed E-state index contributed by atoms with van der Waals surface area (Å²) in [5.41, 5.74) is 5.40. The standard InChI is InChI=1S/C7H12ClN5S/c1-14-4-2-3-10-7-12-5(8)11-6(9)13-7/h2-4H2,1H3,(H3,9,10,11,12,13). The van der Waals surface area contributed by atoms with Crippen LogP contribution in [0.2, 0.25) is 5.28 Å². The minimum Gasteiger partial charge on any atom is -0.368 e. The van der Waals surface area contributed by atoms with E-state index in [1.165, 1.54) is 0 Å². The fourth-order valence-corrected chi connectivity index (χ4v) is 1.46. The number of nitrogens with zero attached hydrogens (tertiary/aromatic N) is 3. The van der Waals surface area contributed by atoms with Gasteiger partial charge in [0.1, 0.15) is 0 Å². The monoisotopic (exact) mass is 233 g/mol. The van der Waals surface area contributed by atoms with Gasteiger partial charge in [-0.2, -0.15) is 26.7 Å². The highest BCUT2D eigenvalue weighted by molar-refractivity contribution is 7.98. The van der Waals surface area contributed by atoms with E-state index in [1.54, 1.807) is 11.8 Å². The van der Waals surface area contributed by atoms with Crippen LogP contribution >= 0.6 is 23.4 Å². The van der Waals surface area contributed by atoms with Crippen molar-refractivity contribution in [2.75, 3.05) is 29.6 Å². The van der Waals surface area contributed by atoms with Gasteiger partial charge in [-0.3, -0.25) is 0 Å². The first kappa shape index (κ1) is 11.3. The molecule has 0 atom stereocenters. The van der Waals surface area contributed by atoms with Gasteiger partial charge in [-0.05, 0) is 30.0 Å². The number of thioether (sulfide) groups is 1. The molecule has 0 fully saturated rings. The Morgan fingerprint density at radius 2 is 2.21 bits per heavy atom. The SMILES string of the molecule is CSCCCNc1nc(N)nc(Cl)n1. The number of halogens is 1. The van der Waals surface area contributed by atoms with Crippen molar-refractivity contribution >= 4 is 35.3 Å². The quantitative estimate of drug-likeness (QED) is 0.746. The van der Waals surface area contributed by atoms with E-state index < -0.39 is 0 Å². The predicted molar refractivity (Wildman–Crippen MR) is 60.7 cm³/mol. The summed E-state index contributed by atoms with van der Waals surface area (Å²) in [6, 6.07) is 0. The summed E-state index contributed by atoms with van der Waals surface area (Å²) in [6.07, 6.45) is 3.11. The smallest absolute Gasteiger partial charge is 0.228 e. The van der Waals surface area contributed by atoms with E-state index in [0.29, 0.717) is 5.95 Å². The van der Waals surface area contributed by atoms with Crippen LogP contribution in [0.3, 0.4) is 0 Å². The molecule has 0 unspecified atom stereocenters. The van der Waals surface area contributed by atoms with Crippen LogP contribution < -0.4 is 11.1 Å². The molecule has 5 nitrogen and oxygen atoms in total. The van der Waals surface area contributed by atoms with Gasteiger partial charge in [0.15, 0.2) is 0 Å². The summed E-state index contributed by atoms with van der Waals surface area (Å²) in [7, 11) is 0. The highest BCUT2D eigenvalue weighted by atomic mass is 35.5. The third-order valence-electron chi connectivity index (χ3n) is 1.43. The zero-order chi connectivity index (χ0) is 10.4. The molecule has 0 saturated carbocycles. The lowest BCUT2D eigenvalue weighted by atomic mass is 10.5. The van der Waals surface area contributed by atoms with Crippen molar-refractivity contribution in [2.45, 2.75) is 6.42 Å². The van der Waals surface area contributed by atoms with E-state index in [9.17, 15) is 0 Å². The molecule has 0 aliphatic carbocycles. The third-order valence-corrected chi connectivity index (χ3v) is 2.30. The van der Waals surface area contributed by atoms with Crippen LogP contribution in [-0.4, -0.2) is 33.5 Å². The number of nitrogen functional groups attached to an aromatic ring is 1. The molecule has 1 aromatic heterocycles. The zero-order valence-electron chi connectivity index (χ0n) is 7.83. The van der Waals surface area contributed by atoms with E-state index in [2.05, 4.69) is 26.5 Å². The largest absolute Gasteiger partial charge is 0.368 e. The van der Waals surface area contributed by atoms with Crippen molar-refractivity contribution in [3.05, 3.63) is 5.28 Å². The predicted octanol–water partition coefficient (Wildman–Crippen LogP) is 1.27. The Bertz CT molecular complexity index is 275. The molecule has 0 bridgehead atoms. The van der Waals surface area contributed by atoms with Crippen LogP contribution in [0.4, 0.5) is 11.9 Å². The van der Waals surface area contributed by atoms with Gasteiger partial charge in [0.05, 0.1) is 0 Å². The van der Waals surface area contributed by atoms with Crippen LogP contribution in [0.5, 0.6) is 0 Å². The second-order valence-electron chi connectivity index (χ2n) is 2.56. The molecule has 0 aliphatic heterocycles. The number of nitrogens with one attached hydrogen (secondary N) is 1. The summed E-state index contributed by atoms with van der Waals surface area (Å²) in [5.74, 6) is 1.67. The zero-order valence-corrected chi connectivity index (χ0v) is 9.40. The van der Waals surface area contributed by atoms with Crippen LogP contribution in [0.15, 0.2) is 0 Å². The van der Waals surface area contributed by atoms with Crippen LogP contribution in [0.1, 0.15) is 6.42 Å². The molecule has 0 saturated heterocycles. The number of rotatable bonds is 5. The minimum absolute atomic E-state index is 0.116. The Hall–Kier alpha value is -0.750. The fourth-order valence-electron chi connectivity index (χ4n) is 0.861. The molecule has 0 aromatic carbocycles. The van der Waals surface area contributed by atoms with Crippen molar-refractivity contribution < 1.29 is 0 Å². The van der Waals surface area contributed by atoms with Gasteiger partial charge in [-0.15, -0.1) is 0 Å². The van der Waals surface area contributed by atoms with Gasteiger partial charge in [0.2, 0.25) is 17.2 Å². The van der Waals surface area contributed by atoms with Gasteiger partial charge in [0.25, 0.3) is 0 Å². The van der Waals surface area contributed by atoms with Crippen LogP contribution in [0, 0.1) is 0 Å². The fraction of sp³-hybridized carbons (Fsp3) is 0.571. The summed E-state index contributed by atoms with van der Waals surface area (Å²) >= 11 is 7.40. The van der Waals surface area contributed by atoms with Gasteiger partial charge in [-0.25, -0.2) is 0 Å². The lowest BCUT2D eigenvalue weighted by molar-refractivity contribution is 0.951. The molecule has 0 spiro atoms. The minimum atomic E-state index is 0.116. The topological polar surface area (TPSA) is 76.7 Å². The maximum absolute atomic E-state index is 5.60. The first-order valence-electron chi connectivity index (χ1n) is 4.12. The summed E-state index contributed by atoms with van der Waals surface area (Å²) in [4.78, 5) is 11.4. The van der Waals surface area contributed by atoms with Gasteiger partial charge >= 0.3 is 0 Å². The summed E-state index contributed by atoms with van der Waals surface area (Å²) in [6.45, 7) is 0.806. The number of nitrogens with two attached hydrogens (primary N) is 1. The van der Waals surface area contributed by atoms with E-state index in [1.807, 2.05) is 0 Å². The molecular formula is C7H12ClN5S. The Morgan fingerprint density at radius 1 is 1.43 bits per heavy atom. The molecule has 7 heteroatoms. The van der Waals surface area contributed by atoms with Crippen LogP contribution in [0.25, 0.3) is 0 Å². The highest BCUT2D eigenvalue weighted by Gasteiger charge is 2.00. The van der Waals surface area contributed by atoms with E-state index in [4.69, 9.17) is 17.3 Å². The van der Waals surface area contributed by atoms with Gasteiger partial charge < -0.3 is 11.1 Å². The number of hydrogen-bond donors (Lipinski definition) is 2. The lowest BCUT2D eigenvalue weighted by Gasteiger charge is -2.03. The Kier molecular flexibility index (Phi) is 4.75. The molecule has 1 rings (SSSR count). The highest BCUT2D eigenvalue weighted by Crippen LogP contribution is 2.06. The summed E-state index contributed by atoms with van der Waals surface area (Å²) in [5, 5.41) is 3.14. The van der Waals surface area contributed by atoms with Gasteiger partial charge in [-0.1, -0.05) is 0 Å². The van der Waals surface area contributed by atoms with Crippen molar-refractivity contribution in [1.82, 2.24) is 15.0 Å². The molecule has 3 N–H and O–H groups in total. The maximum Gasteiger partial charge on any atom is 0.228 e. The molecule has 0 amide bonds. The number of aromatic nitrogens is 3. The number of hydrogen-bond acceptors (Lipinski definition) is 6. The molecular weight excluding hydrogens is 222 g/mol. The Labute approximate surface area is 91.9 Å².